The number of esters is 1. The van der Waals surface area contributed by atoms with Crippen molar-refractivity contribution in [3.8, 4) is 10.8 Å². The van der Waals surface area contributed by atoms with E-state index in [1.165, 1.54) is 35.6 Å². The number of rotatable bonds is 6. The molecule has 8 nitrogen and oxygen atoms in total. The van der Waals surface area contributed by atoms with Crippen LogP contribution in [-0.4, -0.2) is 39.4 Å². The molecule has 0 fully saturated rings. The average molecular weight is 409 g/mol. The highest BCUT2D eigenvalue weighted by Crippen LogP contribution is 2.27. The summed E-state index contributed by atoms with van der Waals surface area (Å²) < 4.78 is 11.0. The Balaban J connectivity index is 1.50. The van der Waals surface area contributed by atoms with E-state index in [0.29, 0.717) is 5.89 Å². The molecule has 0 saturated carbocycles. The van der Waals surface area contributed by atoms with E-state index in [9.17, 15) is 14.4 Å². The van der Waals surface area contributed by atoms with Gasteiger partial charge in [0.05, 0.1) is 21.6 Å². The lowest BCUT2D eigenvalue weighted by Gasteiger charge is -2.10. The molecule has 146 valence electrons. The number of thiophene rings is 1. The topological polar surface area (TPSA) is 103 Å². The molecule has 1 atom stereocenters. The third-order valence-electron chi connectivity index (χ3n) is 4.32. The Bertz CT molecular complexity index is 1120. The number of amides is 2. The van der Waals surface area contributed by atoms with E-state index in [1.54, 1.807) is 6.92 Å². The molecule has 1 aromatic carbocycles. The van der Waals surface area contributed by atoms with Gasteiger partial charge in [-0.2, -0.15) is 0 Å². The van der Waals surface area contributed by atoms with Gasteiger partial charge in [-0.25, -0.2) is 4.79 Å². The maximum atomic E-state index is 12.5. The van der Waals surface area contributed by atoms with E-state index in [0.717, 1.165) is 9.78 Å². The third kappa shape index (κ3) is 3.36. The van der Waals surface area contributed by atoms with E-state index in [4.69, 9.17) is 9.15 Å². The van der Waals surface area contributed by atoms with Gasteiger partial charge in [-0.05, 0) is 36.6 Å². The summed E-state index contributed by atoms with van der Waals surface area (Å²) in [7, 11) is 0. The molecule has 0 spiro atoms. The van der Waals surface area contributed by atoms with E-state index < -0.39 is 23.9 Å². The summed E-state index contributed by atoms with van der Waals surface area (Å²) in [4.78, 5) is 39.1. The first-order chi connectivity index (χ1) is 14.0. The molecular formula is C20H15N3O5S. The van der Waals surface area contributed by atoms with Gasteiger partial charge in [0.15, 0.2) is 6.10 Å². The summed E-state index contributed by atoms with van der Waals surface area (Å²) in [5.41, 5.74) is 0.561. The zero-order valence-electron chi connectivity index (χ0n) is 15.3. The molecule has 3 heterocycles. The number of benzene rings is 1. The normalized spacial score (nSPS) is 14.0. The molecule has 4 rings (SSSR count). The van der Waals surface area contributed by atoms with Crippen molar-refractivity contribution in [1.29, 1.82) is 0 Å². The monoisotopic (exact) mass is 409 g/mol. The van der Waals surface area contributed by atoms with Crippen LogP contribution in [0.1, 0.15) is 50.0 Å². The van der Waals surface area contributed by atoms with Crippen LogP contribution < -0.4 is 0 Å². The van der Waals surface area contributed by atoms with Gasteiger partial charge < -0.3 is 9.15 Å². The Morgan fingerprint density at radius 1 is 1.28 bits per heavy atom. The van der Waals surface area contributed by atoms with Gasteiger partial charge in [-0.3, -0.25) is 14.5 Å². The molecule has 0 radical (unpaired) electrons. The van der Waals surface area contributed by atoms with Crippen molar-refractivity contribution < 1.29 is 23.5 Å². The molecule has 0 unspecified atom stereocenters. The summed E-state index contributed by atoms with van der Waals surface area (Å²) in [6.45, 7) is 5.25. The number of hydrogen-bond acceptors (Lipinski definition) is 8. The van der Waals surface area contributed by atoms with Crippen molar-refractivity contribution >= 4 is 29.1 Å². The van der Waals surface area contributed by atoms with Gasteiger partial charge in [0, 0.05) is 6.54 Å². The van der Waals surface area contributed by atoms with Gasteiger partial charge in [0.2, 0.25) is 0 Å². The Kier molecular flexibility index (Phi) is 4.81. The van der Waals surface area contributed by atoms with Crippen molar-refractivity contribution in [2.45, 2.75) is 13.0 Å². The highest BCUT2D eigenvalue weighted by molar-refractivity contribution is 7.13. The van der Waals surface area contributed by atoms with Crippen molar-refractivity contribution in [3.05, 3.63) is 70.9 Å². The van der Waals surface area contributed by atoms with E-state index in [2.05, 4.69) is 16.8 Å². The summed E-state index contributed by atoms with van der Waals surface area (Å²) in [6, 6.07) is 7.96. The first-order valence-electron chi connectivity index (χ1n) is 8.69. The van der Waals surface area contributed by atoms with Gasteiger partial charge in [-0.15, -0.1) is 28.1 Å². The van der Waals surface area contributed by atoms with E-state index in [-0.39, 0.29) is 29.1 Å². The lowest BCUT2D eigenvalue weighted by atomic mass is 10.1. The maximum Gasteiger partial charge on any atom is 0.338 e. The molecule has 9 heteroatoms. The largest absolute Gasteiger partial charge is 0.449 e. The summed E-state index contributed by atoms with van der Waals surface area (Å²) in [5, 5.41) is 9.77. The Labute approximate surface area is 169 Å². The molecule has 29 heavy (non-hydrogen) atoms. The van der Waals surface area contributed by atoms with Gasteiger partial charge in [0.25, 0.3) is 23.6 Å². The van der Waals surface area contributed by atoms with E-state index in [1.807, 2.05) is 17.5 Å². The molecule has 0 saturated heterocycles. The minimum absolute atomic E-state index is 0.104. The molecule has 0 bridgehead atoms. The lowest BCUT2D eigenvalue weighted by Crippen LogP contribution is -2.29. The first kappa shape index (κ1) is 18.8. The number of fused-ring (bicyclic) bond motifs is 1. The van der Waals surface area contributed by atoms with Gasteiger partial charge in [0.1, 0.15) is 0 Å². The Morgan fingerprint density at radius 2 is 2.07 bits per heavy atom. The van der Waals surface area contributed by atoms with Crippen molar-refractivity contribution in [2.24, 2.45) is 0 Å². The van der Waals surface area contributed by atoms with Crippen LogP contribution in [0.4, 0.5) is 0 Å². The molecule has 2 aromatic heterocycles. The standard InChI is InChI=1S/C20H15N3O5S/c1-3-8-23-18(24)13-7-6-12(10-14(13)19(23)25)20(26)27-11(2)16-21-22-17(28-16)15-5-4-9-29-15/h3-7,9-11H,1,8H2,2H3/t11-/m1/s1. The second kappa shape index (κ2) is 7.44. The Hall–Kier alpha value is -3.59. The van der Waals surface area contributed by atoms with Crippen LogP contribution in [0, 0.1) is 0 Å². The number of aromatic nitrogens is 2. The highest BCUT2D eigenvalue weighted by atomic mass is 32.1. The second-order valence-electron chi connectivity index (χ2n) is 6.24. The van der Waals surface area contributed by atoms with Gasteiger partial charge >= 0.3 is 5.97 Å². The molecular weight excluding hydrogens is 394 g/mol. The SMILES string of the molecule is C=CCN1C(=O)c2ccc(C(=O)O[C@H](C)c3nnc(-c4cccs4)o3)cc2C1=O. The molecule has 1 aliphatic heterocycles. The average Bonchev–Trinajstić information content (AvgIpc) is 3.45. The fourth-order valence-electron chi connectivity index (χ4n) is 2.89. The lowest BCUT2D eigenvalue weighted by molar-refractivity contribution is 0.0279. The second-order valence-corrected chi connectivity index (χ2v) is 7.19. The van der Waals surface area contributed by atoms with Crippen LogP contribution in [0.3, 0.4) is 0 Å². The first-order valence-corrected chi connectivity index (χ1v) is 9.57. The number of carbonyl (C=O) groups is 3. The molecule has 2 amide bonds. The highest BCUT2D eigenvalue weighted by Gasteiger charge is 2.35. The summed E-state index contributed by atoms with van der Waals surface area (Å²) in [5.74, 6) is -1.04. The number of carbonyl (C=O) groups excluding carboxylic acids is 3. The van der Waals surface area contributed by atoms with Crippen LogP contribution in [-0.2, 0) is 4.74 Å². The zero-order chi connectivity index (χ0) is 20.5. The smallest absolute Gasteiger partial charge is 0.338 e. The molecule has 3 aromatic rings. The van der Waals surface area contributed by atoms with Crippen molar-refractivity contribution in [1.82, 2.24) is 15.1 Å². The predicted octanol–water partition coefficient (Wildman–Crippen LogP) is 3.50. The number of ether oxygens (including phenoxy) is 1. The quantitative estimate of drug-likeness (QED) is 0.349. The minimum Gasteiger partial charge on any atom is -0.449 e. The van der Waals surface area contributed by atoms with Crippen molar-refractivity contribution in [2.75, 3.05) is 6.54 Å². The van der Waals surface area contributed by atoms with Crippen LogP contribution in [0.2, 0.25) is 0 Å². The van der Waals surface area contributed by atoms with Gasteiger partial charge in [-0.1, -0.05) is 12.1 Å². The Morgan fingerprint density at radius 3 is 2.79 bits per heavy atom. The third-order valence-corrected chi connectivity index (χ3v) is 5.18. The molecule has 1 aliphatic rings. The van der Waals surface area contributed by atoms with Crippen LogP contribution in [0.25, 0.3) is 10.8 Å². The summed E-state index contributed by atoms with van der Waals surface area (Å²) >= 11 is 1.45. The number of imide groups is 1. The van der Waals surface area contributed by atoms with Crippen LogP contribution in [0.5, 0.6) is 0 Å². The molecule has 0 aliphatic carbocycles. The zero-order valence-corrected chi connectivity index (χ0v) is 16.1. The van der Waals surface area contributed by atoms with E-state index >= 15 is 0 Å². The fourth-order valence-corrected chi connectivity index (χ4v) is 3.53. The molecule has 0 N–H and O–H groups in total. The minimum atomic E-state index is -0.786. The number of nitrogens with zero attached hydrogens (tertiary/aromatic N) is 3. The number of hydrogen-bond donors (Lipinski definition) is 0. The fraction of sp³-hybridized carbons (Fsp3) is 0.150. The maximum absolute atomic E-state index is 12.5. The van der Waals surface area contributed by atoms with Crippen molar-refractivity contribution in [3.63, 3.8) is 0 Å². The van der Waals surface area contributed by atoms with Crippen LogP contribution >= 0.6 is 11.3 Å². The predicted molar refractivity (Wildman–Crippen MR) is 103 cm³/mol. The summed E-state index contributed by atoms with van der Waals surface area (Å²) in [6.07, 6.45) is 0.680. The van der Waals surface area contributed by atoms with Crippen LogP contribution in [0.15, 0.2) is 52.8 Å².